The Labute approximate surface area is 199 Å². The normalized spacial score (nSPS) is 13.1. The summed E-state index contributed by atoms with van der Waals surface area (Å²) in [4.78, 5) is 15.9. The SMILES string of the molecule is CN=C(NCCCNC(=O)OC(C)(C)C)NCC(C)(C)NC(C)c1ccccc1.I. The number of carbonyl (C=O) groups is 1. The Balaban J connectivity index is 0.00000841. The highest BCUT2D eigenvalue weighted by Crippen LogP contribution is 2.15. The zero-order valence-corrected chi connectivity index (χ0v) is 21.8. The topological polar surface area (TPSA) is 86.8 Å². The molecule has 172 valence electrons. The minimum absolute atomic E-state index is 0. The zero-order valence-electron chi connectivity index (χ0n) is 19.5. The van der Waals surface area contributed by atoms with Crippen molar-refractivity contribution in [2.75, 3.05) is 26.7 Å². The van der Waals surface area contributed by atoms with Gasteiger partial charge < -0.3 is 26.0 Å². The lowest BCUT2D eigenvalue weighted by atomic mass is 10.0. The van der Waals surface area contributed by atoms with Gasteiger partial charge in [0.25, 0.3) is 0 Å². The third-order valence-electron chi connectivity index (χ3n) is 4.14. The molecule has 1 unspecified atom stereocenters. The fourth-order valence-corrected chi connectivity index (χ4v) is 2.79. The number of hydrogen-bond acceptors (Lipinski definition) is 4. The second-order valence-corrected chi connectivity index (χ2v) is 8.80. The number of carbonyl (C=O) groups excluding carboxylic acids is 1. The molecule has 1 aromatic rings. The van der Waals surface area contributed by atoms with Crippen LogP contribution in [0.25, 0.3) is 0 Å². The molecule has 1 rings (SSSR count). The summed E-state index contributed by atoms with van der Waals surface area (Å²) in [6.07, 6.45) is 0.382. The first-order valence-electron chi connectivity index (χ1n) is 10.3. The number of benzene rings is 1. The van der Waals surface area contributed by atoms with E-state index < -0.39 is 5.60 Å². The van der Waals surface area contributed by atoms with Crippen LogP contribution in [0.3, 0.4) is 0 Å². The molecule has 0 spiro atoms. The molecule has 7 nitrogen and oxygen atoms in total. The van der Waals surface area contributed by atoms with Gasteiger partial charge in [-0.25, -0.2) is 4.79 Å². The Bertz CT molecular complexity index is 645. The van der Waals surface area contributed by atoms with Gasteiger partial charge in [-0.2, -0.15) is 0 Å². The van der Waals surface area contributed by atoms with Crippen molar-refractivity contribution in [2.45, 2.75) is 65.1 Å². The van der Waals surface area contributed by atoms with Crippen molar-refractivity contribution < 1.29 is 9.53 Å². The highest BCUT2D eigenvalue weighted by molar-refractivity contribution is 14.0. The quantitative estimate of drug-likeness (QED) is 0.168. The predicted octanol–water partition coefficient (Wildman–Crippen LogP) is 3.81. The lowest BCUT2D eigenvalue weighted by Gasteiger charge is -2.31. The number of rotatable bonds is 9. The number of halogens is 1. The molecule has 4 N–H and O–H groups in total. The highest BCUT2D eigenvalue weighted by atomic mass is 127. The third kappa shape index (κ3) is 12.9. The smallest absolute Gasteiger partial charge is 0.407 e. The van der Waals surface area contributed by atoms with Gasteiger partial charge in [0, 0.05) is 38.3 Å². The average Bonchev–Trinajstić information content (AvgIpc) is 2.62. The van der Waals surface area contributed by atoms with Crippen LogP contribution < -0.4 is 21.3 Å². The summed E-state index contributed by atoms with van der Waals surface area (Å²) in [5.41, 5.74) is 0.665. The lowest BCUT2D eigenvalue weighted by Crippen LogP contribution is -2.52. The van der Waals surface area contributed by atoms with E-state index in [9.17, 15) is 4.79 Å². The number of guanidine groups is 1. The van der Waals surface area contributed by atoms with Crippen LogP contribution in [0.4, 0.5) is 4.79 Å². The number of alkyl carbamates (subject to hydrolysis) is 1. The summed E-state index contributed by atoms with van der Waals surface area (Å²) in [7, 11) is 1.75. The van der Waals surface area contributed by atoms with Gasteiger partial charge in [-0.1, -0.05) is 30.3 Å². The van der Waals surface area contributed by atoms with E-state index in [-0.39, 0.29) is 41.7 Å². The molecular weight excluding hydrogens is 493 g/mol. The maximum absolute atomic E-state index is 11.6. The van der Waals surface area contributed by atoms with Crippen molar-refractivity contribution >= 4 is 36.0 Å². The molecule has 0 aliphatic heterocycles. The number of hydrogen-bond donors (Lipinski definition) is 4. The molecule has 0 fully saturated rings. The molecule has 0 aliphatic carbocycles. The van der Waals surface area contributed by atoms with Crippen molar-refractivity contribution in [1.82, 2.24) is 21.3 Å². The second-order valence-electron chi connectivity index (χ2n) is 8.80. The van der Waals surface area contributed by atoms with Gasteiger partial charge in [-0.15, -0.1) is 24.0 Å². The molecule has 30 heavy (non-hydrogen) atoms. The van der Waals surface area contributed by atoms with Crippen molar-refractivity contribution in [3.8, 4) is 0 Å². The maximum atomic E-state index is 11.6. The second kappa shape index (κ2) is 13.7. The molecule has 1 atom stereocenters. The van der Waals surface area contributed by atoms with E-state index in [0.29, 0.717) is 13.1 Å². The fraction of sp³-hybridized carbons (Fsp3) is 0.636. The summed E-state index contributed by atoms with van der Waals surface area (Å²) in [5.74, 6) is 0.740. The Hall–Kier alpha value is -1.55. The molecule has 0 aromatic heterocycles. The summed E-state index contributed by atoms with van der Waals surface area (Å²) in [6, 6.07) is 10.7. The molecule has 1 amide bonds. The Morgan fingerprint density at radius 3 is 2.20 bits per heavy atom. The Morgan fingerprint density at radius 1 is 1.03 bits per heavy atom. The first-order chi connectivity index (χ1) is 13.5. The van der Waals surface area contributed by atoms with E-state index in [2.05, 4.69) is 71.3 Å². The highest BCUT2D eigenvalue weighted by Gasteiger charge is 2.21. The summed E-state index contributed by atoms with van der Waals surface area (Å²) in [6.45, 7) is 14.0. The van der Waals surface area contributed by atoms with Crippen molar-refractivity contribution in [3.63, 3.8) is 0 Å². The zero-order chi connectivity index (χ0) is 21.9. The average molecular weight is 533 g/mol. The molecule has 0 saturated carbocycles. The Morgan fingerprint density at radius 2 is 1.63 bits per heavy atom. The van der Waals surface area contributed by atoms with Crippen LogP contribution in [0.5, 0.6) is 0 Å². The largest absolute Gasteiger partial charge is 0.444 e. The molecule has 0 aliphatic rings. The van der Waals surface area contributed by atoms with Gasteiger partial charge in [-0.3, -0.25) is 4.99 Å². The van der Waals surface area contributed by atoms with Crippen LogP contribution in [0.15, 0.2) is 35.3 Å². The number of ether oxygens (including phenoxy) is 1. The predicted molar refractivity (Wildman–Crippen MR) is 136 cm³/mol. The summed E-state index contributed by atoms with van der Waals surface area (Å²) in [5, 5.41) is 13.0. The molecule has 0 radical (unpaired) electrons. The van der Waals surface area contributed by atoms with Crippen LogP contribution >= 0.6 is 24.0 Å². The van der Waals surface area contributed by atoms with Gasteiger partial charge in [0.15, 0.2) is 5.96 Å². The van der Waals surface area contributed by atoms with Crippen LogP contribution in [-0.4, -0.2) is 49.9 Å². The van der Waals surface area contributed by atoms with Crippen molar-refractivity contribution in [3.05, 3.63) is 35.9 Å². The maximum Gasteiger partial charge on any atom is 0.407 e. The molecule has 0 bridgehead atoms. The fourth-order valence-electron chi connectivity index (χ4n) is 2.79. The van der Waals surface area contributed by atoms with E-state index in [1.165, 1.54) is 5.56 Å². The number of nitrogens with zero attached hydrogens (tertiary/aromatic N) is 1. The molecule has 8 heteroatoms. The third-order valence-corrected chi connectivity index (χ3v) is 4.14. The summed E-state index contributed by atoms with van der Waals surface area (Å²) < 4.78 is 5.21. The minimum Gasteiger partial charge on any atom is -0.444 e. The van der Waals surface area contributed by atoms with E-state index in [1.54, 1.807) is 7.05 Å². The van der Waals surface area contributed by atoms with Crippen LogP contribution in [0.2, 0.25) is 0 Å². The minimum atomic E-state index is -0.479. The number of aliphatic imine (C=N–C) groups is 1. The van der Waals surface area contributed by atoms with E-state index in [1.807, 2.05) is 26.8 Å². The first-order valence-corrected chi connectivity index (χ1v) is 10.3. The lowest BCUT2D eigenvalue weighted by molar-refractivity contribution is 0.0527. The Kier molecular flexibility index (Phi) is 13.0. The molecule has 1 aromatic carbocycles. The van der Waals surface area contributed by atoms with Gasteiger partial charge in [0.2, 0.25) is 0 Å². The van der Waals surface area contributed by atoms with E-state index in [4.69, 9.17) is 4.74 Å². The van der Waals surface area contributed by atoms with Gasteiger partial charge in [0.05, 0.1) is 0 Å². The van der Waals surface area contributed by atoms with Crippen molar-refractivity contribution in [2.24, 2.45) is 4.99 Å². The van der Waals surface area contributed by atoms with Crippen LogP contribution in [0, 0.1) is 0 Å². The molecule has 0 saturated heterocycles. The van der Waals surface area contributed by atoms with Gasteiger partial charge in [-0.05, 0) is 53.5 Å². The van der Waals surface area contributed by atoms with Crippen molar-refractivity contribution in [1.29, 1.82) is 0 Å². The van der Waals surface area contributed by atoms with E-state index in [0.717, 1.165) is 18.9 Å². The van der Waals surface area contributed by atoms with Crippen LogP contribution in [-0.2, 0) is 4.74 Å². The first kappa shape index (κ1) is 28.5. The molecular formula is C22H40IN5O2. The standard InChI is InChI=1S/C22H39N5O2.HI/c1-17(18-12-9-8-10-13-18)27-22(5,6)16-26-19(23-7)24-14-11-15-25-20(28)29-21(2,3)4;/h8-10,12-13,17,27H,11,14-16H2,1-7H3,(H,25,28)(H2,23,24,26);1H. The molecule has 0 heterocycles. The van der Waals surface area contributed by atoms with Crippen LogP contribution in [0.1, 0.15) is 59.6 Å². The summed E-state index contributed by atoms with van der Waals surface area (Å²) >= 11 is 0. The van der Waals surface area contributed by atoms with Gasteiger partial charge >= 0.3 is 6.09 Å². The number of amides is 1. The number of nitrogens with one attached hydrogen (secondary N) is 4. The monoisotopic (exact) mass is 533 g/mol. The van der Waals surface area contributed by atoms with E-state index >= 15 is 0 Å². The van der Waals surface area contributed by atoms with Gasteiger partial charge in [0.1, 0.15) is 5.60 Å².